The number of benzene rings is 1. The Bertz CT molecular complexity index is 1730. The average Bonchev–Trinajstić information content (AvgIpc) is 3.56. The lowest BCUT2D eigenvalue weighted by Crippen LogP contribution is -2.55. The smallest absolute Gasteiger partial charge is 0.407 e. The first-order chi connectivity index (χ1) is 21.4. The first-order valence-corrected chi connectivity index (χ1v) is 14.9. The molecule has 0 unspecified atom stereocenters. The Balaban J connectivity index is 1.33. The number of nitrogens with zero attached hydrogens (tertiary/aromatic N) is 6. The standard InChI is InChI=1S/C32H32F4N6O3/c1-16-8-32(9-17(2)12-41(32)11-16)15-45-30-38-27-23(29(39-30)40-13-20-4-5-21(14-40)42(20)31(43)44)10-37-26(25(27)34)22-6-19(28(35)36)7-24(33)18(22)3/h6-7,10,20-21,28H,1-2,4-5,8-9,11-15H2,3H3,(H,43,44)/t20-,21+. The van der Waals surface area contributed by atoms with Crippen LogP contribution in [0.4, 0.5) is 28.2 Å². The van der Waals surface area contributed by atoms with Gasteiger partial charge in [-0.15, -0.1) is 0 Å². The van der Waals surface area contributed by atoms with Crippen molar-refractivity contribution in [2.24, 2.45) is 0 Å². The highest BCUT2D eigenvalue weighted by atomic mass is 19.3. The molecule has 3 aromatic rings. The molecular formula is C32H32F4N6O3. The molecule has 13 heteroatoms. The van der Waals surface area contributed by atoms with E-state index in [1.807, 2.05) is 4.90 Å². The molecule has 0 aliphatic carbocycles. The molecule has 0 radical (unpaired) electrons. The van der Waals surface area contributed by atoms with E-state index in [4.69, 9.17) is 9.72 Å². The Morgan fingerprint density at radius 3 is 2.40 bits per heavy atom. The van der Waals surface area contributed by atoms with Crippen molar-refractivity contribution in [3.05, 3.63) is 65.4 Å². The third kappa shape index (κ3) is 4.88. The number of hydrogen-bond acceptors (Lipinski definition) is 7. The summed E-state index contributed by atoms with van der Waals surface area (Å²) in [4.78, 5) is 31.0. The van der Waals surface area contributed by atoms with Crippen LogP contribution in [0.3, 0.4) is 0 Å². The van der Waals surface area contributed by atoms with Crippen molar-refractivity contribution in [2.45, 2.75) is 56.7 Å². The van der Waals surface area contributed by atoms with Gasteiger partial charge in [0.1, 0.15) is 29.5 Å². The first-order valence-electron chi connectivity index (χ1n) is 14.9. The van der Waals surface area contributed by atoms with E-state index in [1.54, 1.807) is 0 Å². The van der Waals surface area contributed by atoms with Crippen LogP contribution in [-0.4, -0.2) is 86.4 Å². The number of rotatable bonds is 6. The van der Waals surface area contributed by atoms with Crippen LogP contribution >= 0.6 is 0 Å². The molecule has 0 spiro atoms. The number of anilines is 1. The number of carboxylic acid groups (broad SMARTS) is 1. The molecular weight excluding hydrogens is 592 g/mol. The minimum atomic E-state index is -2.96. The summed E-state index contributed by atoms with van der Waals surface area (Å²) in [6.45, 7) is 12.0. The van der Waals surface area contributed by atoms with E-state index < -0.39 is 29.7 Å². The van der Waals surface area contributed by atoms with Crippen molar-refractivity contribution in [2.75, 3.05) is 37.7 Å². The Kier molecular flexibility index (Phi) is 6.99. The van der Waals surface area contributed by atoms with Gasteiger partial charge in [0, 0.05) is 43.5 Å². The minimum Gasteiger partial charge on any atom is -0.465 e. The first kappa shape index (κ1) is 29.5. The van der Waals surface area contributed by atoms with Gasteiger partial charge < -0.3 is 14.7 Å². The number of piperazine rings is 1. The van der Waals surface area contributed by atoms with E-state index in [2.05, 4.69) is 28.0 Å². The second-order valence-electron chi connectivity index (χ2n) is 12.7. The normalized spacial score (nSPS) is 22.6. The maximum atomic E-state index is 16.5. The van der Waals surface area contributed by atoms with Crippen molar-refractivity contribution < 1.29 is 32.2 Å². The van der Waals surface area contributed by atoms with Crippen LogP contribution in [0.5, 0.6) is 6.01 Å². The number of aromatic nitrogens is 3. The van der Waals surface area contributed by atoms with Crippen molar-refractivity contribution in [3.8, 4) is 17.3 Å². The second kappa shape index (κ2) is 10.7. The Hall–Kier alpha value is -4.26. The zero-order valence-corrected chi connectivity index (χ0v) is 24.7. The van der Waals surface area contributed by atoms with Gasteiger partial charge in [-0.2, -0.15) is 9.97 Å². The maximum absolute atomic E-state index is 16.5. The van der Waals surface area contributed by atoms with Gasteiger partial charge in [0.25, 0.3) is 6.43 Å². The lowest BCUT2D eigenvalue weighted by atomic mass is 9.92. The lowest BCUT2D eigenvalue weighted by molar-refractivity contribution is 0.107. The largest absolute Gasteiger partial charge is 0.465 e. The van der Waals surface area contributed by atoms with E-state index in [9.17, 15) is 23.1 Å². The molecule has 4 aliphatic rings. The fourth-order valence-corrected chi connectivity index (χ4v) is 7.63. The number of pyridine rings is 1. The van der Waals surface area contributed by atoms with Crippen LogP contribution in [0.2, 0.25) is 0 Å². The molecule has 0 saturated carbocycles. The molecule has 1 aromatic carbocycles. The predicted octanol–water partition coefficient (Wildman–Crippen LogP) is 5.89. The summed E-state index contributed by atoms with van der Waals surface area (Å²) in [5, 5.41) is 10.0. The summed E-state index contributed by atoms with van der Waals surface area (Å²) in [7, 11) is 0. The highest BCUT2D eigenvalue weighted by Crippen LogP contribution is 2.43. The third-order valence-electron chi connectivity index (χ3n) is 9.65. The lowest BCUT2D eigenvalue weighted by Gasteiger charge is -2.40. The number of hydrogen-bond donors (Lipinski definition) is 1. The van der Waals surface area contributed by atoms with Gasteiger partial charge in [-0.1, -0.05) is 24.3 Å². The zero-order chi connectivity index (χ0) is 31.8. The van der Waals surface area contributed by atoms with Crippen molar-refractivity contribution in [3.63, 3.8) is 0 Å². The molecule has 6 heterocycles. The molecule has 7 rings (SSSR count). The van der Waals surface area contributed by atoms with Gasteiger partial charge in [-0.25, -0.2) is 22.4 Å². The molecule has 2 atom stereocenters. The SMILES string of the molecule is C=C1CN2CC(=C)CC2(COc2nc(N3C[C@H]4CC[C@@H](C3)N4C(=O)O)c3cnc(-c4cc(C(F)F)cc(F)c4C)c(F)c3n2)C1. The molecule has 2 aromatic heterocycles. The average molecular weight is 625 g/mol. The topological polar surface area (TPSA) is 94.9 Å². The highest BCUT2D eigenvalue weighted by molar-refractivity contribution is 5.92. The molecule has 9 nitrogen and oxygen atoms in total. The number of ether oxygens (including phenoxy) is 1. The molecule has 4 fully saturated rings. The van der Waals surface area contributed by atoms with Gasteiger partial charge in [0.2, 0.25) is 0 Å². The molecule has 4 aliphatic heterocycles. The Morgan fingerprint density at radius 1 is 1.11 bits per heavy atom. The van der Waals surface area contributed by atoms with Crippen LogP contribution in [0.15, 0.2) is 42.6 Å². The molecule has 1 amide bonds. The number of alkyl halides is 2. The van der Waals surface area contributed by atoms with Crippen LogP contribution < -0.4 is 9.64 Å². The van der Waals surface area contributed by atoms with E-state index in [0.717, 1.165) is 36.4 Å². The predicted molar refractivity (Wildman–Crippen MR) is 159 cm³/mol. The molecule has 2 bridgehead atoms. The number of carbonyl (C=O) groups is 1. The number of amides is 1. The van der Waals surface area contributed by atoms with Crippen molar-refractivity contribution in [1.82, 2.24) is 24.8 Å². The monoisotopic (exact) mass is 624 g/mol. The van der Waals surface area contributed by atoms with Gasteiger partial charge >= 0.3 is 12.1 Å². The zero-order valence-electron chi connectivity index (χ0n) is 24.7. The fraction of sp³-hybridized carbons (Fsp3) is 0.438. The number of fused-ring (bicyclic) bond motifs is 4. The summed E-state index contributed by atoms with van der Waals surface area (Å²) >= 11 is 0. The van der Waals surface area contributed by atoms with Crippen LogP contribution in [0.1, 0.15) is 43.2 Å². The second-order valence-corrected chi connectivity index (χ2v) is 12.7. The maximum Gasteiger partial charge on any atom is 0.407 e. The Morgan fingerprint density at radius 2 is 1.78 bits per heavy atom. The van der Waals surface area contributed by atoms with Crippen LogP contribution in [0.25, 0.3) is 22.2 Å². The highest BCUT2D eigenvalue weighted by Gasteiger charge is 2.48. The number of halogens is 4. The Labute approximate surface area is 256 Å². The molecule has 236 valence electrons. The van der Waals surface area contributed by atoms with Gasteiger partial charge in [-0.3, -0.25) is 14.8 Å². The summed E-state index contributed by atoms with van der Waals surface area (Å²) in [5.41, 5.74) is 0.581. The molecule has 45 heavy (non-hydrogen) atoms. The van der Waals surface area contributed by atoms with E-state index in [1.165, 1.54) is 18.0 Å². The van der Waals surface area contributed by atoms with E-state index in [0.29, 0.717) is 44.6 Å². The summed E-state index contributed by atoms with van der Waals surface area (Å²) < 4.78 is 64.5. The summed E-state index contributed by atoms with van der Waals surface area (Å²) in [6, 6.07) is 1.15. The molecule has 1 N–H and O–H groups in total. The van der Waals surface area contributed by atoms with Gasteiger partial charge in [-0.05, 0) is 50.3 Å². The van der Waals surface area contributed by atoms with E-state index >= 15 is 4.39 Å². The van der Waals surface area contributed by atoms with Crippen molar-refractivity contribution >= 4 is 22.8 Å². The van der Waals surface area contributed by atoms with E-state index in [-0.39, 0.29) is 58.0 Å². The summed E-state index contributed by atoms with van der Waals surface area (Å²) in [6.07, 6.45) is 0.203. The van der Waals surface area contributed by atoms with Gasteiger partial charge in [0.15, 0.2) is 5.82 Å². The van der Waals surface area contributed by atoms with Crippen LogP contribution in [0, 0.1) is 18.6 Å². The fourth-order valence-electron chi connectivity index (χ4n) is 7.63. The quantitative estimate of drug-likeness (QED) is 0.268. The molecule has 4 saturated heterocycles. The third-order valence-corrected chi connectivity index (χ3v) is 9.65. The van der Waals surface area contributed by atoms with Crippen molar-refractivity contribution in [1.29, 1.82) is 0 Å². The summed E-state index contributed by atoms with van der Waals surface area (Å²) in [5.74, 6) is -1.49. The minimum absolute atomic E-state index is 0.0283. The van der Waals surface area contributed by atoms with Gasteiger partial charge in [0.05, 0.1) is 23.0 Å². The van der Waals surface area contributed by atoms with Crippen LogP contribution in [-0.2, 0) is 0 Å².